The monoisotopic (exact) mass is 353 g/mol. The van der Waals surface area contributed by atoms with Gasteiger partial charge in [0.1, 0.15) is 5.82 Å². The normalized spacial score (nSPS) is 16.5. The van der Waals surface area contributed by atoms with Crippen LogP contribution >= 0.6 is 0 Å². The predicted octanol–water partition coefficient (Wildman–Crippen LogP) is 1.96. The van der Waals surface area contributed by atoms with Gasteiger partial charge in [-0.1, -0.05) is 0 Å². The standard InChI is InChI=1S/C18H23N7O/c1-12-8-13(2)25(23-12)18-11-19-10-17(22-18)21-15-4-3-5-16-14(15)9-20-24(16)6-7-26/h8-11,15,26H,3-7H2,1-2H3,(H,21,22). The quantitative estimate of drug-likeness (QED) is 0.728. The molecule has 3 aromatic rings. The zero-order valence-electron chi connectivity index (χ0n) is 15.1. The Morgan fingerprint density at radius 3 is 2.92 bits per heavy atom. The summed E-state index contributed by atoms with van der Waals surface area (Å²) in [6.45, 7) is 4.61. The number of rotatable bonds is 5. The number of anilines is 1. The molecule has 2 N–H and O–H groups in total. The highest BCUT2D eigenvalue weighted by atomic mass is 16.3. The van der Waals surface area contributed by atoms with Crippen LogP contribution in [0.15, 0.2) is 24.7 Å². The fraction of sp³-hybridized carbons (Fsp3) is 0.444. The van der Waals surface area contributed by atoms with Gasteiger partial charge in [-0.3, -0.25) is 9.67 Å². The van der Waals surface area contributed by atoms with Crippen LogP contribution in [0.3, 0.4) is 0 Å². The van der Waals surface area contributed by atoms with Gasteiger partial charge in [-0.15, -0.1) is 0 Å². The molecule has 0 spiro atoms. The largest absolute Gasteiger partial charge is 0.394 e. The molecule has 1 aliphatic carbocycles. The fourth-order valence-electron chi connectivity index (χ4n) is 3.62. The maximum Gasteiger partial charge on any atom is 0.174 e. The third kappa shape index (κ3) is 3.08. The van der Waals surface area contributed by atoms with Crippen molar-refractivity contribution in [3.63, 3.8) is 0 Å². The van der Waals surface area contributed by atoms with Gasteiger partial charge in [-0.25, -0.2) is 9.67 Å². The Hall–Kier alpha value is -2.74. The van der Waals surface area contributed by atoms with Crippen LogP contribution in [0, 0.1) is 13.8 Å². The summed E-state index contributed by atoms with van der Waals surface area (Å²) in [5.41, 5.74) is 4.36. The predicted molar refractivity (Wildman–Crippen MR) is 97.2 cm³/mol. The zero-order valence-corrected chi connectivity index (χ0v) is 15.1. The third-order valence-corrected chi connectivity index (χ3v) is 4.75. The number of nitrogens with one attached hydrogen (secondary N) is 1. The average molecular weight is 353 g/mol. The maximum absolute atomic E-state index is 9.20. The molecule has 0 aromatic carbocycles. The van der Waals surface area contributed by atoms with Crippen LogP contribution in [0.25, 0.3) is 5.82 Å². The number of aliphatic hydroxyl groups is 1. The number of aliphatic hydroxyl groups excluding tert-OH is 1. The molecule has 0 amide bonds. The molecule has 1 aliphatic rings. The van der Waals surface area contributed by atoms with E-state index in [0.29, 0.717) is 12.4 Å². The topological polar surface area (TPSA) is 93.7 Å². The molecule has 8 heteroatoms. The Labute approximate surface area is 151 Å². The van der Waals surface area contributed by atoms with Crippen LogP contribution in [-0.2, 0) is 13.0 Å². The van der Waals surface area contributed by atoms with Crippen molar-refractivity contribution in [2.45, 2.75) is 45.7 Å². The Morgan fingerprint density at radius 1 is 1.27 bits per heavy atom. The van der Waals surface area contributed by atoms with Crippen molar-refractivity contribution < 1.29 is 5.11 Å². The van der Waals surface area contributed by atoms with Gasteiger partial charge in [0.05, 0.1) is 43.5 Å². The molecule has 3 aromatic heterocycles. The fourth-order valence-corrected chi connectivity index (χ4v) is 3.62. The van der Waals surface area contributed by atoms with Crippen molar-refractivity contribution in [3.05, 3.63) is 47.3 Å². The molecule has 4 rings (SSSR count). The van der Waals surface area contributed by atoms with Crippen LogP contribution in [0.4, 0.5) is 5.82 Å². The van der Waals surface area contributed by atoms with Gasteiger partial charge in [0.25, 0.3) is 0 Å². The minimum atomic E-state index is 0.0996. The summed E-state index contributed by atoms with van der Waals surface area (Å²) in [6, 6.07) is 2.17. The van der Waals surface area contributed by atoms with Crippen LogP contribution in [0.2, 0.25) is 0 Å². The lowest BCUT2D eigenvalue weighted by Crippen LogP contribution is -2.20. The minimum absolute atomic E-state index is 0.0996. The van der Waals surface area contributed by atoms with Crippen molar-refractivity contribution in [1.29, 1.82) is 0 Å². The lowest BCUT2D eigenvalue weighted by molar-refractivity contribution is 0.266. The van der Waals surface area contributed by atoms with Crippen molar-refractivity contribution in [1.82, 2.24) is 29.5 Å². The van der Waals surface area contributed by atoms with Crippen LogP contribution < -0.4 is 5.32 Å². The molecule has 1 unspecified atom stereocenters. The maximum atomic E-state index is 9.20. The molecule has 0 aliphatic heterocycles. The number of hydrogen-bond donors (Lipinski definition) is 2. The van der Waals surface area contributed by atoms with Crippen molar-refractivity contribution >= 4 is 5.82 Å². The van der Waals surface area contributed by atoms with Gasteiger partial charge >= 0.3 is 0 Å². The molecule has 136 valence electrons. The number of aryl methyl sites for hydroxylation is 2. The lowest BCUT2D eigenvalue weighted by Gasteiger charge is -2.24. The summed E-state index contributed by atoms with van der Waals surface area (Å²) in [5, 5.41) is 21.6. The van der Waals surface area contributed by atoms with Crippen LogP contribution in [0.5, 0.6) is 0 Å². The molecule has 26 heavy (non-hydrogen) atoms. The average Bonchev–Trinajstić information content (AvgIpc) is 3.19. The van der Waals surface area contributed by atoms with E-state index < -0.39 is 0 Å². The summed E-state index contributed by atoms with van der Waals surface area (Å²) < 4.78 is 3.71. The van der Waals surface area contributed by atoms with E-state index in [0.717, 1.165) is 36.5 Å². The second-order valence-electron chi connectivity index (χ2n) is 6.68. The van der Waals surface area contributed by atoms with Gasteiger partial charge in [0, 0.05) is 17.0 Å². The summed E-state index contributed by atoms with van der Waals surface area (Å²) in [4.78, 5) is 9.01. The molecule has 0 bridgehead atoms. The van der Waals surface area contributed by atoms with E-state index in [9.17, 15) is 5.11 Å². The first kappa shape index (κ1) is 16.7. The molecule has 3 heterocycles. The van der Waals surface area contributed by atoms with E-state index in [2.05, 4.69) is 25.5 Å². The van der Waals surface area contributed by atoms with Gasteiger partial charge in [0.15, 0.2) is 5.82 Å². The van der Waals surface area contributed by atoms with Crippen LogP contribution in [0.1, 0.15) is 41.5 Å². The van der Waals surface area contributed by atoms with E-state index in [4.69, 9.17) is 0 Å². The summed E-state index contributed by atoms with van der Waals surface area (Å²) in [5.74, 6) is 1.43. The van der Waals surface area contributed by atoms with Crippen molar-refractivity contribution in [2.75, 3.05) is 11.9 Å². The highest BCUT2D eigenvalue weighted by molar-refractivity contribution is 5.41. The molecule has 0 saturated carbocycles. The molecule has 1 atom stereocenters. The first-order chi connectivity index (χ1) is 12.7. The summed E-state index contributed by atoms with van der Waals surface area (Å²) in [6.07, 6.45) is 8.44. The Balaban J connectivity index is 1.59. The van der Waals surface area contributed by atoms with E-state index in [-0.39, 0.29) is 12.6 Å². The highest BCUT2D eigenvalue weighted by Gasteiger charge is 2.24. The summed E-state index contributed by atoms with van der Waals surface area (Å²) >= 11 is 0. The Morgan fingerprint density at radius 2 is 2.15 bits per heavy atom. The zero-order chi connectivity index (χ0) is 18.1. The van der Waals surface area contributed by atoms with Gasteiger partial charge < -0.3 is 10.4 Å². The van der Waals surface area contributed by atoms with Gasteiger partial charge in [0.2, 0.25) is 0 Å². The second kappa shape index (κ2) is 6.87. The molecular formula is C18H23N7O. The van der Waals surface area contributed by atoms with E-state index in [1.807, 2.05) is 30.8 Å². The molecular weight excluding hydrogens is 330 g/mol. The number of fused-ring (bicyclic) bond motifs is 1. The molecule has 8 nitrogen and oxygen atoms in total. The molecule has 0 fully saturated rings. The smallest absolute Gasteiger partial charge is 0.174 e. The molecule has 0 saturated heterocycles. The minimum Gasteiger partial charge on any atom is -0.394 e. The third-order valence-electron chi connectivity index (χ3n) is 4.75. The SMILES string of the molecule is Cc1cc(C)n(-c2cncc(NC3CCCc4c3cnn4CCO)n2)n1. The second-order valence-corrected chi connectivity index (χ2v) is 6.68. The number of hydrogen-bond acceptors (Lipinski definition) is 6. The lowest BCUT2D eigenvalue weighted by atomic mass is 9.93. The summed E-state index contributed by atoms with van der Waals surface area (Å²) in [7, 11) is 0. The molecule has 0 radical (unpaired) electrons. The first-order valence-corrected chi connectivity index (χ1v) is 8.93. The van der Waals surface area contributed by atoms with Crippen molar-refractivity contribution in [3.8, 4) is 5.82 Å². The van der Waals surface area contributed by atoms with E-state index in [1.165, 1.54) is 11.3 Å². The highest BCUT2D eigenvalue weighted by Crippen LogP contribution is 2.32. The number of nitrogens with zero attached hydrogens (tertiary/aromatic N) is 6. The van der Waals surface area contributed by atoms with Gasteiger partial charge in [-0.05, 0) is 39.2 Å². The first-order valence-electron chi connectivity index (χ1n) is 8.93. The van der Waals surface area contributed by atoms with E-state index in [1.54, 1.807) is 17.1 Å². The number of aromatic nitrogens is 6. The van der Waals surface area contributed by atoms with Gasteiger partial charge in [-0.2, -0.15) is 10.2 Å². The van der Waals surface area contributed by atoms with Crippen molar-refractivity contribution in [2.24, 2.45) is 0 Å². The Bertz CT molecular complexity index is 914. The van der Waals surface area contributed by atoms with Crippen LogP contribution in [-0.4, -0.2) is 41.2 Å². The Kier molecular flexibility index (Phi) is 4.42. The van der Waals surface area contributed by atoms with E-state index >= 15 is 0 Å².